The molecule has 3 heterocycles. The molecule has 2 fully saturated rings. The third kappa shape index (κ3) is 4.95. The second-order valence-corrected chi connectivity index (χ2v) is 11.5. The van der Waals surface area contributed by atoms with E-state index < -0.39 is 9.84 Å². The van der Waals surface area contributed by atoms with E-state index in [1.165, 1.54) is 6.26 Å². The SMILES string of the molecule is Cc1cnc(Nc2cc(N3C[C@@H]4C[C@H]3CN4C)cc(S(C)(=O)=O)c2)nc1Nc1cccc(CO)c1. The maximum absolute atomic E-state index is 12.5. The predicted octanol–water partition coefficient (Wildman–Crippen LogP) is 3.06. The Labute approximate surface area is 205 Å². The Morgan fingerprint density at radius 2 is 1.91 bits per heavy atom. The number of aliphatic hydroxyl groups is 1. The molecule has 0 amide bonds. The lowest BCUT2D eigenvalue weighted by Crippen LogP contribution is -2.44. The van der Waals surface area contributed by atoms with E-state index in [0.717, 1.165) is 42.0 Å². The zero-order chi connectivity index (χ0) is 24.7. The first-order valence-corrected chi connectivity index (χ1v) is 13.5. The second kappa shape index (κ2) is 9.10. The monoisotopic (exact) mass is 494 g/mol. The van der Waals surface area contributed by atoms with E-state index >= 15 is 0 Å². The lowest BCUT2D eigenvalue weighted by molar-refractivity contribution is 0.282. The van der Waals surface area contributed by atoms with Crippen LogP contribution in [0.3, 0.4) is 0 Å². The number of likely N-dealkylation sites (N-methyl/N-ethyl adjacent to an activating group) is 1. The molecule has 0 radical (unpaired) electrons. The van der Waals surface area contributed by atoms with Crippen molar-refractivity contribution in [3.05, 3.63) is 59.8 Å². The fourth-order valence-corrected chi connectivity index (χ4v) is 5.54. The molecule has 184 valence electrons. The number of benzene rings is 2. The van der Waals surface area contributed by atoms with Crippen LogP contribution in [0, 0.1) is 6.92 Å². The molecule has 0 saturated carbocycles. The molecule has 9 nitrogen and oxygen atoms in total. The van der Waals surface area contributed by atoms with Gasteiger partial charge in [0.05, 0.1) is 11.5 Å². The van der Waals surface area contributed by atoms with Crippen molar-refractivity contribution in [2.75, 3.05) is 41.9 Å². The predicted molar refractivity (Wildman–Crippen MR) is 137 cm³/mol. The number of rotatable bonds is 7. The van der Waals surface area contributed by atoms with Gasteiger partial charge in [0.25, 0.3) is 0 Å². The van der Waals surface area contributed by atoms with Gasteiger partial charge >= 0.3 is 0 Å². The summed E-state index contributed by atoms with van der Waals surface area (Å²) in [5.41, 5.74) is 3.97. The second-order valence-electron chi connectivity index (χ2n) is 9.46. The zero-order valence-electron chi connectivity index (χ0n) is 20.1. The van der Waals surface area contributed by atoms with E-state index in [0.29, 0.717) is 29.5 Å². The number of sulfone groups is 1. The molecule has 1 aromatic heterocycles. The van der Waals surface area contributed by atoms with Crippen molar-refractivity contribution in [1.29, 1.82) is 0 Å². The molecule has 2 atom stereocenters. The number of aliphatic hydroxyl groups excluding tert-OH is 1. The molecule has 2 saturated heterocycles. The number of nitrogens with one attached hydrogen (secondary N) is 2. The van der Waals surface area contributed by atoms with Gasteiger partial charge in [-0.05, 0) is 56.3 Å². The number of aryl methyl sites for hydroxylation is 1. The minimum Gasteiger partial charge on any atom is -0.392 e. The smallest absolute Gasteiger partial charge is 0.229 e. The summed E-state index contributed by atoms with van der Waals surface area (Å²) in [6.07, 6.45) is 4.03. The van der Waals surface area contributed by atoms with Gasteiger partial charge in [-0.2, -0.15) is 4.98 Å². The third-order valence-electron chi connectivity index (χ3n) is 6.77. The van der Waals surface area contributed by atoms with Gasteiger partial charge in [-0.1, -0.05) is 12.1 Å². The van der Waals surface area contributed by atoms with Crippen LogP contribution in [0.1, 0.15) is 17.5 Å². The number of piperazine rings is 1. The Hall–Kier alpha value is -3.21. The highest BCUT2D eigenvalue weighted by molar-refractivity contribution is 7.90. The first kappa shape index (κ1) is 23.5. The molecular weight excluding hydrogens is 464 g/mol. The van der Waals surface area contributed by atoms with Gasteiger partial charge in [-0.3, -0.25) is 4.90 Å². The molecule has 2 aromatic carbocycles. The van der Waals surface area contributed by atoms with Gasteiger partial charge in [0.2, 0.25) is 5.95 Å². The molecule has 5 rings (SSSR count). The van der Waals surface area contributed by atoms with E-state index in [2.05, 4.69) is 37.4 Å². The lowest BCUT2D eigenvalue weighted by atomic mass is 10.2. The van der Waals surface area contributed by atoms with Crippen LogP contribution in [-0.2, 0) is 16.4 Å². The maximum atomic E-state index is 12.5. The van der Waals surface area contributed by atoms with Gasteiger partial charge in [0.15, 0.2) is 9.84 Å². The van der Waals surface area contributed by atoms with Gasteiger partial charge in [-0.15, -0.1) is 0 Å². The molecule has 2 aliphatic heterocycles. The highest BCUT2D eigenvalue weighted by atomic mass is 32.2. The summed E-state index contributed by atoms with van der Waals surface area (Å²) in [5, 5.41) is 15.9. The quantitative estimate of drug-likeness (QED) is 0.456. The average molecular weight is 495 g/mol. The topological polar surface area (TPSA) is 111 Å². The number of aromatic nitrogens is 2. The Morgan fingerprint density at radius 3 is 2.60 bits per heavy atom. The van der Waals surface area contributed by atoms with Crippen LogP contribution >= 0.6 is 0 Å². The molecule has 2 bridgehead atoms. The average Bonchev–Trinajstić information content (AvgIpc) is 3.40. The minimum absolute atomic E-state index is 0.0427. The minimum atomic E-state index is -3.41. The van der Waals surface area contributed by atoms with Gasteiger partial charge in [0.1, 0.15) is 5.82 Å². The van der Waals surface area contributed by atoms with E-state index in [1.807, 2.05) is 37.3 Å². The summed E-state index contributed by atoms with van der Waals surface area (Å²) in [4.78, 5) is 14.0. The Balaban J connectivity index is 1.44. The van der Waals surface area contributed by atoms with Crippen LogP contribution in [0.4, 0.5) is 28.8 Å². The fourth-order valence-electron chi connectivity index (χ4n) is 4.86. The Kier molecular flexibility index (Phi) is 6.12. The summed E-state index contributed by atoms with van der Waals surface area (Å²) < 4.78 is 24.9. The number of nitrogens with zero attached hydrogens (tertiary/aromatic N) is 4. The zero-order valence-corrected chi connectivity index (χ0v) is 20.9. The van der Waals surface area contributed by atoms with Crippen molar-refractivity contribution >= 4 is 38.7 Å². The van der Waals surface area contributed by atoms with Crippen LogP contribution in [0.5, 0.6) is 0 Å². The largest absolute Gasteiger partial charge is 0.392 e. The van der Waals surface area contributed by atoms with Gasteiger partial charge < -0.3 is 20.6 Å². The molecule has 0 unspecified atom stereocenters. The van der Waals surface area contributed by atoms with Crippen LogP contribution in [0.15, 0.2) is 53.6 Å². The first-order chi connectivity index (χ1) is 16.7. The molecule has 0 spiro atoms. The van der Waals surface area contributed by atoms with Gasteiger partial charge in [0, 0.05) is 60.3 Å². The summed E-state index contributed by atoms with van der Waals surface area (Å²) in [6, 6.07) is 13.7. The van der Waals surface area contributed by atoms with Crippen LogP contribution in [0.2, 0.25) is 0 Å². The van der Waals surface area contributed by atoms with E-state index in [4.69, 9.17) is 0 Å². The molecule has 10 heteroatoms. The first-order valence-electron chi connectivity index (χ1n) is 11.6. The lowest BCUT2D eigenvalue weighted by Gasteiger charge is -2.34. The van der Waals surface area contributed by atoms with Gasteiger partial charge in [-0.25, -0.2) is 13.4 Å². The maximum Gasteiger partial charge on any atom is 0.229 e. The van der Waals surface area contributed by atoms with E-state index in [1.54, 1.807) is 18.3 Å². The molecular formula is C25H30N6O3S. The Morgan fingerprint density at radius 1 is 1.09 bits per heavy atom. The van der Waals surface area contributed by atoms with Crippen molar-refractivity contribution in [1.82, 2.24) is 14.9 Å². The van der Waals surface area contributed by atoms with Crippen molar-refractivity contribution < 1.29 is 13.5 Å². The van der Waals surface area contributed by atoms with Crippen LogP contribution in [0.25, 0.3) is 0 Å². The normalized spacial score (nSPS) is 19.8. The third-order valence-corrected chi connectivity index (χ3v) is 7.86. The summed E-state index contributed by atoms with van der Waals surface area (Å²) in [6.45, 7) is 3.72. The van der Waals surface area contributed by atoms with E-state index in [-0.39, 0.29) is 11.5 Å². The molecule has 3 aromatic rings. The fraction of sp³-hybridized carbons (Fsp3) is 0.360. The van der Waals surface area contributed by atoms with Crippen LogP contribution < -0.4 is 15.5 Å². The molecule has 2 aliphatic rings. The molecule has 35 heavy (non-hydrogen) atoms. The summed E-state index contributed by atoms with van der Waals surface area (Å²) in [7, 11) is -1.27. The van der Waals surface area contributed by atoms with Crippen molar-refractivity contribution in [2.24, 2.45) is 0 Å². The van der Waals surface area contributed by atoms with Crippen molar-refractivity contribution in [2.45, 2.75) is 36.9 Å². The summed E-state index contributed by atoms with van der Waals surface area (Å²) in [5.74, 6) is 0.979. The van der Waals surface area contributed by atoms with Crippen LogP contribution in [-0.4, -0.2) is 66.9 Å². The standard InChI is InChI=1S/C25H30N6O3S/c1-16-12-26-25(29-24(16)27-18-6-4-5-17(7-18)15-32)28-19-8-20(11-23(9-19)35(3,33)34)31-14-21-10-22(31)13-30(21)2/h4-9,11-12,21-22,32H,10,13-15H2,1-3H3,(H2,26,27,28,29)/t21-,22-/m0/s1. The van der Waals surface area contributed by atoms with Crippen molar-refractivity contribution in [3.8, 4) is 0 Å². The summed E-state index contributed by atoms with van der Waals surface area (Å²) >= 11 is 0. The Bertz CT molecular complexity index is 1360. The van der Waals surface area contributed by atoms with Crippen molar-refractivity contribution in [3.63, 3.8) is 0 Å². The number of likely N-dealkylation sites (tertiary alicyclic amines) is 1. The number of anilines is 5. The number of hydrogen-bond donors (Lipinski definition) is 3. The molecule has 0 aliphatic carbocycles. The number of fused-ring (bicyclic) bond motifs is 2. The highest BCUT2D eigenvalue weighted by Gasteiger charge is 2.41. The molecule has 3 N–H and O–H groups in total. The number of hydrogen-bond acceptors (Lipinski definition) is 9. The highest BCUT2D eigenvalue weighted by Crippen LogP contribution is 2.36. The van der Waals surface area contributed by atoms with E-state index in [9.17, 15) is 13.5 Å².